The Hall–Kier alpha value is -3.48. The van der Waals surface area contributed by atoms with Gasteiger partial charge in [0.05, 0.1) is 0 Å². The summed E-state index contributed by atoms with van der Waals surface area (Å²) >= 11 is 0. The summed E-state index contributed by atoms with van der Waals surface area (Å²) in [5.41, 5.74) is 2.70. The van der Waals surface area contributed by atoms with E-state index in [1.54, 1.807) is 62.6 Å². The lowest BCUT2D eigenvalue weighted by atomic mass is 10.1. The van der Waals surface area contributed by atoms with Crippen LogP contribution in [0.5, 0.6) is 0 Å². The second-order valence-corrected chi connectivity index (χ2v) is 7.03. The van der Waals surface area contributed by atoms with Crippen molar-refractivity contribution < 1.29 is 14.1 Å². The Labute approximate surface area is 162 Å². The summed E-state index contributed by atoms with van der Waals surface area (Å²) < 4.78 is 5.36. The van der Waals surface area contributed by atoms with Crippen molar-refractivity contribution in [3.05, 3.63) is 59.7 Å². The molecule has 7 nitrogen and oxygen atoms in total. The van der Waals surface area contributed by atoms with Gasteiger partial charge in [-0.3, -0.25) is 9.59 Å². The topological polar surface area (TPSA) is 88.3 Å². The quantitative estimate of drug-likeness (QED) is 0.739. The second-order valence-electron chi connectivity index (χ2n) is 7.03. The maximum atomic E-state index is 12.1. The van der Waals surface area contributed by atoms with Crippen molar-refractivity contribution in [3.63, 3.8) is 0 Å². The van der Waals surface area contributed by atoms with E-state index in [2.05, 4.69) is 15.5 Å². The Bertz CT molecular complexity index is 1000. The fourth-order valence-corrected chi connectivity index (χ4v) is 2.74. The van der Waals surface area contributed by atoms with Gasteiger partial charge in [-0.25, -0.2) is 0 Å². The number of aromatic nitrogens is 2. The Morgan fingerprint density at radius 1 is 0.964 bits per heavy atom. The van der Waals surface area contributed by atoms with E-state index in [9.17, 15) is 9.59 Å². The van der Waals surface area contributed by atoms with Gasteiger partial charge in [-0.05, 0) is 49.2 Å². The molecule has 1 aliphatic rings. The van der Waals surface area contributed by atoms with Crippen LogP contribution in [0.15, 0.2) is 53.1 Å². The van der Waals surface area contributed by atoms with E-state index in [0.29, 0.717) is 28.9 Å². The van der Waals surface area contributed by atoms with E-state index < -0.39 is 0 Å². The molecule has 0 unspecified atom stereocenters. The molecule has 1 heterocycles. The number of amides is 2. The average Bonchev–Trinajstić information content (AvgIpc) is 3.39. The van der Waals surface area contributed by atoms with E-state index in [0.717, 1.165) is 24.0 Å². The highest BCUT2D eigenvalue weighted by Crippen LogP contribution is 2.24. The van der Waals surface area contributed by atoms with Crippen LogP contribution in [0.25, 0.3) is 22.8 Å². The summed E-state index contributed by atoms with van der Waals surface area (Å²) in [7, 11) is 3.42. The van der Waals surface area contributed by atoms with Gasteiger partial charge in [-0.15, -0.1) is 0 Å². The lowest BCUT2D eigenvalue weighted by Gasteiger charge is -2.09. The third-order valence-electron chi connectivity index (χ3n) is 4.53. The van der Waals surface area contributed by atoms with Gasteiger partial charge in [-0.1, -0.05) is 17.3 Å². The van der Waals surface area contributed by atoms with Crippen LogP contribution < -0.4 is 5.32 Å². The minimum Gasteiger partial charge on any atom is -0.349 e. The van der Waals surface area contributed by atoms with E-state index >= 15 is 0 Å². The normalized spacial score (nSPS) is 13.2. The molecule has 28 heavy (non-hydrogen) atoms. The fraction of sp³-hybridized carbons (Fsp3) is 0.238. The molecular weight excluding hydrogens is 356 g/mol. The lowest BCUT2D eigenvalue weighted by Crippen LogP contribution is -2.25. The van der Waals surface area contributed by atoms with Gasteiger partial charge in [0, 0.05) is 42.4 Å². The average molecular weight is 376 g/mol. The zero-order valence-electron chi connectivity index (χ0n) is 15.7. The van der Waals surface area contributed by atoms with Crippen LogP contribution in [0.3, 0.4) is 0 Å². The van der Waals surface area contributed by atoms with Crippen LogP contribution >= 0.6 is 0 Å². The smallest absolute Gasteiger partial charge is 0.258 e. The van der Waals surface area contributed by atoms with Crippen molar-refractivity contribution in [2.75, 3.05) is 14.1 Å². The number of nitrogens with one attached hydrogen (secondary N) is 1. The molecule has 1 fully saturated rings. The predicted molar refractivity (Wildman–Crippen MR) is 104 cm³/mol. The highest BCUT2D eigenvalue weighted by Gasteiger charge is 2.23. The molecule has 1 aliphatic carbocycles. The maximum absolute atomic E-state index is 12.1. The molecule has 0 spiro atoms. The molecule has 0 radical (unpaired) electrons. The maximum Gasteiger partial charge on any atom is 0.258 e. The van der Waals surface area contributed by atoms with Gasteiger partial charge < -0.3 is 14.7 Å². The van der Waals surface area contributed by atoms with Gasteiger partial charge in [0.15, 0.2) is 0 Å². The molecule has 1 saturated carbocycles. The van der Waals surface area contributed by atoms with Crippen LogP contribution in [0.2, 0.25) is 0 Å². The van der Waals surface area contributed by atoms with Crippen molar-refractivity contribution >= 4 is 11.8 Å². The van der Waals surface area contributed by atoms with E-state index in [1.165, 1.54) is 4.90 Å². The van der Waals surface area contributed by atoms with Crippen LogP contribution in [0.1, 0.15) is 33.6 Å². The van der Waals surface area contributed by atoms with Gasteiger partial charge >= 0.3 is 0 Å². The number of nitrogens with zero attached hydrogens (tertiary/aromatic N) is 3. The predicted octanol–water partition coefficient (Wildman–Crippen LogP) is 3.00. The molecule has 0 bridgehead atoms. The molecule has 142 valence electrons. The zero-order valence-corrected chi connectivity index (χ0v) is 15.7. The van der Waals surface area contributed by atoms with Gasteiger partial charge in [0.2, 0.25) is 5.82 Å². The summed E-state index contributed by atoms with van der Waals surface area (Å²) in [6.07, 6.45) is 2.11. The molecule has 4 rings (SSSR count). The fourth-order valence-electron chi connectivity index (χ4n) is 2.74. The van der Waals surface area contributed by atoms with Crippen LogP contribution in [-0.4, -0.2) is 47.0 Å². The molecule has 1 N–H and O–H groups in total. The summed E-state index contributed by atoms with van der Waals surface area (Å²) in [5.74, 6) is 0.686. The number of hydrogen-bond donors (Lipinski definition) is 1. The molecule has 3 aromatic rings. The van der Waals surface area contributed by atoms with E-state index in [1.807, 2.05) is 0 Å². The lowest BCUT2D eigenvalue weighted by molar-refractivity contribution is 0.0827. The zero-order chi connectivity index (χ0) is 19.7. The third-order valence-corrected chi connectivity index (χ3v) is 4.53. The SMILES string of the molecule is CN(C)C(=O)c1ccc(-c2noc(-c3ccc(C(=O)NC4CC4)cc3)n2)cc1. The first-order valence-electron chi connectivity index (χ1n) is 9.08. The highest BCUT2D eigenvalue weighted by molar-refractivity contribution is 5.95. The third kappa shape index (κ3) is 3.78. The Balaban J connectivity index is 1.49. The molecule has 0 saturated heterocycles. The Morgan fingerprint density at radius 2 is 1.57 bits per heavy atom. The number of benzene rings is 2. The molecule has 7 heteroatoms. The van der Waals surface area contributed by atoms with Crippen LogP contribution in [0, 0.1) is 0 Å². The first kappa shape index (κ1) is 17.9. The molecule has 0 atom stereocenters. The minimum atomic E-state index is -0.0637. The largest absolute Gasteiger partial charge is 0.349 e. The van der Waals surface area contributed by atoms with Crippen LogP contribution in [0.4, 0.5) is 0 Å². The van der Waals surface area contributed by atoms with E-state index in [-0.39, 0.29) is 11.8 Å². The summed E-state index contributed by atoms with van der Waals surface area (Å²) in [6.45, 7) is 0. The minimum absolute atomic E-state index is 0.0624. The van der Waals surface area contributed by atoms with Crippen molar-refractivity contribution in [3.8, 4) is 22.8 Å². The molecule has 2 amide bonds. The van der Waals surface area contributed by atoms with Gasteiger partial charge in [-0.2, -0.15) is 4.98 Å². The monoisotopic (exact) mass is 376 g/mol. The van der Waals surface area contributed by atoms with E-state index in [4.69, 9.17) is 4.52 Å². The summed E-state index contributed by atoms with van der Waals surface area (Å²) in [4.78, 5) is 30.0. The Kier molecular flexibility index (Phi) is 4.65. The molecule has 2 aromatic carbocycles. The summed E-state index contributed by atoms with van der Waals surface area (Å²) in [5, 5.41) is 6.97. The molecule has 0 aliphatic heterocycles. The number of carbonyl (C=O) groups is 2. The van der Waals surface area contributed by atoms with Gasteiger partial charge in [0.1, 0.15) is 0 Å². The summed E-state index contributed by atoms with van der Waals surface area (Å²) in [6, 6.07) is 14.5. The van der Waals surface area contributed by atoms with Crippen molar-refractivity contribution in [2.45, 2.75) is 18.9 Å². The molecule has 1 aromatic heterocycles. The van der Waals surface area contributed by atoms with Crippen molar-refractivity contribution in [1.82, 2.24) is 20.4 Å². The highest BCUT2D eigenvalue weighted by atomic mass is 16.5. The first-order valence-corrected chi connectivity index (χ1v) is 9.08. The first-order chi connectivity index (χ1) is 13.5. The Morgan fingerprint density at radius 3 is 2.18 bits per heavy atom. The number of hydrogen-bond acceptors (Lipinski definition) is 5. The number of carbonyl (C=O) groups excluding carboxylic acids is 2. The standard InChI is InChI=1S/C21H20N4O3/c1-25(2)21(27)16-9-3-13(4-10-16)18-23-20(28-24-18)15-7-5-14(6-8-15)19(26)22-17-11-12-17/h3-10,17H,11-12H2,1-2H3,(H,22,26). The van der Waals surface area contributed by atoms with Crippen molar-refractivity contribution in [1.29, 1.82) is 0 Å². The van der Waals surface area contributed by atoms with Crippen molar-refractivity contribution in [2.24, 2.45) is 0 Å². The van der Waals surface area contributed by atoms with Gasteiger partial charge in [0.25, 0.3) is 17.7 Å². The second kappa shape index (κ2) is 7.26. The molecular formula is C21H20N4O3. The number of rotatable bonds is 5. The van der Waals surface area contributed by atoms with Crippen LogP contribution in [-0.2, 0) is 0 Å².